The van der Waals surface area contributed by atoms with Crippen LogP contribution < -0.4 is 14.8 Å². The SMILES string of the molecule is CCOC(=O)C(=O)Nc1cc(Cl)c(Oc2ccc(O)c(S(=O)(=O)NC3CCC3)c2)c(Cl)c1. The summed E-state index contributed by atoms with van der Waals surface area (Å²) in [6, 6.07) is 6.12. The first-order valence-corrected chi connectivity index (χ1v) is 11.8. The van der Waals surface area contributed by atoms with Gasteiger partial charge in [-0.3, -0.25) is 4.79 Å². The average Bonchev–Trinajstić information content (AvgIpc) is 2.69. The molecule has 1 saturated carbocycles. The Labute approximate surface area is 194 Å². The van der Waals surface area contributed by atoms with Gasteiger partial charge in [-0.25, -0.2) is 17.9 Å². The minimum Gasteiger partial charge on any atom is -0.507 e. The van der Waals surface area contributed by atoms with Crippen LogP contribution in [0.15, 0.2) is 35.2 Å². The molecule has 172 valence electrons. The van der Waals surface area contributed by atoms with Gasteiger partial charge in [0.1, 0.15) is 16.4 Å². The predicted molar refractivity (Wildman–Crippen MR) is 118 cm³/mol. The Hall–Kier alpha value is -2.53. The topological polar surface area (TPSA) is 131 Å². The molecule has 1 amide bonds. The summed E-state index contributed by atoms with van der Waals surface area (Å²) in [4.78, 5) is 22.9. The largest absolute Gasteiger partial charge is 0.507 e. The summed E-state index contributed by atoms with van der Waals surface area (Å²) >= 11 is 12.4. The van der Waals surface area contributed by atoms with Gasteiger partial charge in [-0.05, 0) is 44.0 Å². The van der Waals surface area contributed by atoms with Gasteiger partial charge in [-0.15, -0.1) is 0 Å². The van der Waals surface area contributed by atoms with E-state index in [9.17, 15) is 23.1 Å². The number of rotatable bonds is 7. The molecule has 0 unspecified atom stereocenters. The summed E-state index contributed by atoms with van der Waals surface area (Å²) < 4.78 is 38.0. The van der Waals surface area contributed by atoms with Crippen LogP contribution >= 0.6 is 23.2 Å². The molecule has 0 heterocycles. The highest BCUT2D eigenvalue weighted by Gasteiger charge is 2.27. The summed E-state index contributed by atoms with van der Waals surface area (Å²) in [6.45, 7) is 1.61. The minimum atomic E-state index is -3.96. The molecule has 0 spiro atoms. The zero-order valence-corrected chi connectivity index (χ0v) is 19.2. The molecule has 0 radical (unpaired) electrons. The Bertz CT molecular complexity index is 1130. The van der Waals surface area contributed by atoms with E-state index in [2.05, 4.69) is 14.8 Å². The number of esters is 1. The van der Waals surface area contributed by atoms with Crippen molar-refractivity contribution in [2.45, 2.75) is 37.1 Å². The van der Waals surface area contributed by atoms with E-state index in [1.165, 1.54) is 24.3 Å². The molecule has 1 aliphatic rings. The van der Waals surface area contributed by atoms with Gasteiger partial charge >= 0.3 is 11.9 Å². The molecule has 32 heavy (non-hydrogen) atoms. The van der Waals surface area contributed by atoms with Crippen molar-refractivity contribution in [3.63, 3.8) is 0 Å². The number of sulfonamides is 1. The Morgan fingerprint density at radius 2 is 1.81 bits per heavy atom. The molecule has 0 aliphatic heterocycles. The first kappa shape index (κ1) is 24.1. The molecule has 0 atom stereocenters. The van der Waals surface area contributed by atoms with Crippen LogP contribution in [0.3, 0.4) is 0 Å². The number of amides is 1. The molecule has 12 heteroatoms. The minimum absolute atomic E-state index is 0.0107. The van der Waals surface area contributed by atoms with E-state index in [1.54, 1.807) is 6.92 Å². The first-order valence-electron chi connectivity index (χ1n) is 9.61. The van der Waals surface area contributed by atoms with Gasteiger partial charge in [0, 0.05) is 17.8 Å². The molecule has 0 aromatic heterocycles. The summed E-state index contributed by atoms with van der Waals surface area (Å²) in [5.41, 5.74) is 0.129. The van der Waals surface area contributed by atoms with Crippen LogP contribution in [0.25, 0.3) is 0 Å². The van der Waals surface area contributed by atoms with Crippen molar-refractivity contribution in [1.29, 1.82) is 0 Å². The molecular weight excluding hydrogens is 483 g/mol. The standard InChI is InChI=1S/C20H20Cl2N2O7S/c1-2-30-20(27)19(26)23-12-8-14(21)18(15(22)9-12)31-13-6-7-16(25)17(10-13)32(28,29)24-11-4-3-5-11/h6-11,24-25H,2-5H2,1H3,(H,23,26). The lowest BCUT2D eigenvalue weighted by Crippen LogP contribution is -2.39. The summed E-state index contributed by atoms with van der Waals surface area (Å²) in [7, 11) is -3.96. The van der Waals surface area contributed by atoms with Gasteiger partial charge in [0.25, 0.3) is 0 Å². The monoisotopic (exact) mass is 502 g/mol. The van der Waals surface area contributed by atoms with Crippen LogP contribution in [0, 0.1) is 0 Å². The fourth-order valence-electron chi connectivity index (χ4n) is 2.81. The lowest BCUT2D eigenvalue weighted by molar-refractivity contribution is -0.152. The molecule has 9 nitrogen and oxygen atoms in total. The van der Waals surface area contributed by atoms with Crippen molar-refractivity contribution in [2.24, 2.45) is 0 Å². The third-order valence-electron chi connectivity index (χ3n) is 4.58. The molecule has 0 saturated heterocycles. The van der Waals surface area contributed by atoms with E-state index < -0.39 is 27.6 Å². The van der Waals surface area contributed by atoms with Crippen LogP contribution in [0.5, 0.6) is 17.2 Å². The van der Waals surface area contributed by atoms with Gasteiger partial charge in [-0.1, -0.05) is 29.6 Å². The summed E-state index contributed by atoms with van der Waals surface area (Å²) in [5, 5.41) is 12.3. The Kier molecular flexibility index (Phi) is 7.50. The van der Waals surface area contributed by atoms with E-state index in [-0.39, 0.29) is 44.8 Å². The number of halogens is 2. The molecule has 3 rings (SSSR count). The number of aromatic hydroxyl groups is 1. The van der Waals surface area contributed by atoms with Crippen LogP contribution in [0.2, 0.25) is 10.0 Å². The number of nitrogens with one attached hydrogen (secondary N) is 2. The quantitative estimate of drug-likeness (QED) is 0.387. The molecular formula is C20H20Cl2N2O7S. The maximum atomic E-state index is 12.6. The maximum absolute atomic E-state index is 12.6. The van der Waals surface area contributed by atoms with Crippen molar-refractivity contribution in [3.05, 3.63) is 40.4 Å². The number of hydrogen-bond acceptors (Lipinski definition) is 7. The number of benzene rings is 2. The van der Waals surface area contributed by atoms with Crippen LogP contribution in [0.1, 0.15) is 26.2 Å². The van der Waals surface area contributed by atoms with Crippen LogP contribution in [-0.2, 0) is 24.3 Å². The fraction of sp³-hybridized carbons (Fsp3) is 0.300. The highest BCUT2D eigenvalue weighted by Crippen LogP contribution is 2.40. The van der Waals surface area contributed by atoms with Gasteiger partial charge < -0.3 is 19.9 Å². The van der Waals surface area contributed by atoms with Gasteiger partial charge in [-0.2, -0.15) is 0 Å². The Morgan fingerprint density at radius 3 is 2.38 bits per heavy atom. The lowest BCUT2D eigenvalue weighted by Gasteiger charge is -2.26. The van der Waals surface area contributed by atoms with Gasteiger partial charge in [0.2, 0.25) is 10.0 Å². The van der Waals surface area contributed by atoms with Crippen LogP contribution in [0.4, 0.5) is 5.69 Å². The Morgan fingerprint density at radius 1 is 1.16 bits per heavy atom. The van der Waals surface area contributed by atoms with Crippen molar-refractivity contribution < 1.29 is 32.6 Å². The number of carbonyl (C=O) groups excluding carboxylic acids is 2. The second kappa shape index (κ2) is 9.95. The lowest BCUT2D eigenvalue weighted by atomic mass is 9.94. The number of phenolic OH excluding ortho intramolecular Hbond substituents is 1. The molecule has 1 aliphatic carbocycles. The summed E-state index contributed by atoms with van der Waals surface area (Å²) in [6.07, 6.45) is 2.41. The maximum Gasteiger partial charge on any atom is 0.397 e. The molecule has 2 aromatic rings. The van der Waals surface area contributed by atoms with Crippen molar-refractivity contribution in [2.75, 3.05) is 11.9 Å². The van der Waals surface area contributed by atoms with Gasteiger partial charge in [0.15, 0.2) is 5.75 Å². The highest BCUT2D eigenvalue weighted by molar-refractivity contribution is 7.89. The number of ether oxygens (including phenoxy) is 2. The summed E-state index contributed by atoms with van der Waals surface area (Å²) in [5.74, 6) is -2.45. The van der Waals surface area contributed by atoms with E-state index in [0.717, 1.165) is 25.3 Å². The normalized spacial score (nSPS) is 13.8. The van der Waals surface area contributed by atoms with E-state index in [4.69, 9.17) is 27.9 Å². The van der Waals surface area contributed by atoms with Crippen molar-refractivity contribution >= 4 is 50.8 Å². The fourth-order valence-corrected chi connectivity index (χ4v) is 4.79. The van der Waals surface area contributed by atoms with E-state index in [0.29, 0.717) is 0 Å². The van der Waals surface area contributed by atoms with Crippen LogP contribution in [-0.4, -0.2) is 38.0 Å². The van der Waals surface area contributed by atoms with Gasteiger partial charge in [0.05, 0.1) is 16.7 Å². The second-order valence-corrected chi connectivity index (χ2v) is 9.42. The first-order chi connectivity index (χ1) is 15.1. The highest BCUT2D eigenvalue weighted by atomic mass is 35.5. The molecule has 1 fully saturated rings. The zero-order chi connectivity index (χ0) is 23.5. The molecule has 3 N–H and O–H groups in total. The Balaban J connectivity index is 1.81. The van der Waals surface area contributed by atoms with Crippen molar-refractivity contribution in [3.8, 4) is 17.2 Å². The molecule has 0 bridgehead atoms. The third kappa shape index (κ3) is 5.63. The van der Waals surface area contributed by atoms with E-state index >= 15 is 0 Å². The molecule has 2 aromatic carbocycles. The average molecular weight is 503 g/mol. The smallest absolute Gasteiger partial charge is 0.397 e. The predicted octanol–water partition coefficient (Wildman–Crippen LogP) is 3.82. The number of phenols is 1. The number of carbonyl (C=O) groups is 2. The van der Waals surface area contributed by atoms with E-state index in [1.807, 2.05) is 0 Å². The van der Waals surface area contributed by atoms with Crippen molar-refractivity contribution in [1.82, 2.24) is 4.72 Å². The third-order valence-corrected chi connectivity index (χ3v) is 6.70. The second-order valence-electron chi connectivity index (χ2n) is 6.92. The number of anilines is 1. The zero-order valence-electron chi connectivity index (χ0n) is 16.9. The number of hydrogen-bond donors (Lipinski definition) is 3.